The van der Waals surface area contributed by atoms with Crippen molar-refractivity contribution in [2.45, 2.75) is 32.6 Å². The summed E-state index contributed by atoms with van der Waals surface area (Å²) >= 11 is -0.0299. The molecule has 26 heavy (non-hydrogen) atoms. The van der Waals surface area contributed by atoms with Gasteiger partial charge in [0.25, 0.3) is 0 Å². The second-order valence-electron chi connectivity index (χ2n) is 6.28. The van der Waals surface area contributed by atoms with Gasteiger partial charge in [-0.25, -0.2) is 0 Å². The first-order valence-corrected chi connectivity index (χ1v) is 10.6. The standard InChI is InChI=1S/C21H20N2O2Se/c1-2-3-4-10-16-21(23-13-8-7-12-19(23)22-16)26-18-14-20(24)25-17-11-6-5-9-15(17)18/h5-9,11-14H,2-4,10H2,1H3. The first kappa shape index (κ1) is 17.1. The van der Waals surface area contributed by atoms with Crippen molar-refractivity contribution in [3.8, 4) is 0 Å². The molecule has 132 valence electrons. The number of unbranched alkanes of at least 4 members (excludes halogenated alkanes) is 2. The number of aromatic nitrogens is 2. The van der Waals surface area contributed by atoms with Crippen LogP contribution in [0, 0.1) is 0 Å². The van der Waals surface area contributed by atoms with Gasteiger partial charge in [-0.2, -0.15) is 0 Å². The molecule has 1 aromatic carbocycles. The van der Waals surface area contributed by atoms with Gasteiger partial charge < -0.3 is 0 Å². The fourth-order valence-electron chi connectivity index (χ4n) is 3.11. The van der Waals surface area contributed by atoms with Crippen molar-refractivity contribution < 1.29 is 4.42 Å². The summed E-state index contributed by atoms with van der Waals surface area (Å²) < 4.78 is 9.79. The van der Waals surface area contributed by atoms with Crippen molar-refractivity contribution in [2.24, 2.45) is 0 Å². The molecule has 4 rings (SSSR count). The molecule has 0 bridgehead atoms. The molecule has 0 radical (unpaired) electrons. The van der Waals surface area contributed by atoms with Gasteiger partial charge in [0, 0.05) is 0 Å². The maximum atomic E-state index is 12.0. The predicted molar refractivity (Wildman–Crippen MR) is 106 cm³/mol. The molecular formula is C21H20N2O2Se. The molecule has 0 saturated heterocycles. The fraction of sp³-hybridized carbons (Fsp3) is 0.238. The Labute approximate surface area is 158 Å². The molecule has 3 heterocycles. The quantitative estimate of drug-likeness (QED) is 0.279. The van der Waals surface area contributed by atoms with Crippen molar-refractivity contribution in [3.05, 3.63) is 70.8 Å². The molecule has 3 aromatic heterocycles. The normalized spacial score (nSPS) is 11.4. The summed E-state index contributed by atoms with van der Waals surface area (Å²) in [5.41, 5.74) is 2.49. The minimum absolute atomic E-state index is 0.0299. The molecular weight excluding hydrogens is 391 g/mol. The van der Waals surface area contributed by atoms with Gasteiger partial charge in [0.15, 0.2) is 0 Å². The monoisotopic (exact) mass is 412 g/mol. The van der Waals surface area contributed by atoms with Crippen LogP contribution in [0.3, 0.4) is 0 Å². The zero-order valence-corrected chi connectivity index (χ0v) is 16.4. The molecule has 5 heteroatoms. The Morgan fingerprint density at radius 3 is 2.85 bits per heavy atom. The molecule has 0 saturated carbocycles. The second kappa shape index (κ2) is 7.48. The zero-order chi connectivity index (χ0) is 17.9. The molecule has 0 aliphatic rings. The Morgan fingerprint density at radius 1 is 1.12 bits per heavy atom. The van der Waals surface area contributed by atoms with Crippen molar-refractivity contribution in [1.29, 1.82) is 0 Å². The van der Waals surface area contributed by atoms with Gasteiger partial charge in [-0.15, -0.1) is 0 Å². The second-order valence-corrected chi connectivity index (χ2v) is 8.44. The maximum absolute atomic E-state index is 12.0. The van der Waals surface area contributed by atoms with Crippen LogP contribution in [0.15, 0.2) is 63.9 Å². The Bertz CT molecular complexity index is 1110. The predicted octanol–water partition coefficient (Wildman–Crippen LogP) is 2.83. The van der Waals surface area contributed by atoms with Gasteiger partial charge in [-0.3, -0.25) is 0 Å². The van der Waals surface area contributed by atoms with E-state index >= 15 is 0 Å². The zero-order valence-electron chi connectivity index (χ0n) is 14.6. The number of aryl methyl sites for hydroxylation is 1. The number of imidazole rings is 1. The van der Waals surface area contributed by atoms with Crippen molar-refractivity contribution in [3.63, 3.8) is 0 Å². The number of pyridine rings is 1. The van der Waals surface area contributed by atoms with Crippen molar-refractivity contribution in [2.75, 3.05) is 0 Å². The topological polar surface area (TPSA) is 47.5 Å². The first-order chi connectivity index (χ1) is 12.8. The summed E-state index contributed by atoms with van der Waals surface area (Å²) in [4.78, 5) is 16.9. The molecule has 0 N–H and O–H groups in total. The van der Waals surface area contributed by atoms with Crippen LogP contribution in [-0.4, -0.2) is 24.3 Å². The van der Waals surface area contributed by atoms with Gasteiger partial charge in [0.2, 0.25) is 0 Å². The van der Waals surface area contributed by atoms with E-state index in [9.17, 15) is 4.79 Å². The first-order valence-electron chi connectivity index (χ1n) is 8.93. The van der Waals surface area contributed by atoms with Crippen molar-refractivity contribution >= 4 is 40.6 Å². The van der Waals surface area contributed by atoms with Crippen LogP contribution < -0.4 is 14.7 Å². The summed E-state index contributed by atoms with van der Waals surface area (Å²) in [5, 5.41) is 1.01. The Hall–Kier alpha value is -2.36. The van der Waals surface area contributed by atoms with E-state index in [1.54, 1.807) is 6.07 Å². The summed E-state index contributed by atoms with van der Waals surface area (Å²) in [7, 11) is 0. The third-order valence-electron chi connectivity index (χ3n) is 4.39. The molecule has 0 spiro atoms. The average molecular weight is 411 g/mol. The molecule has 0 aliphatic heterocycles. The van der Waals surface area contributed by atoms with Crippen LogP contribution in [0.5, 0.6) is 0 Å². The minimum atomic E-state index is -0.290. The van der Waals surface area contributed by atoms with Gasteiger partial charge in [0.05, 0.1) is 0 Å². The van der Waals surface area contributed by atoms with Crippen LogP contribution in [0.4, 0.5) is 0 Å². The Kier molecular flexibility index (Phi) is 4.91. The third kappa shape index (κ3) is 3.33. The molecule has 0 atom stereocenters. The van der Waals surface area contributed by atoms with E-state index in [2.05, 4.69) is 17.5 Å². The molecule has 4 nitrogen and oxygen atoms in total. The fourth-order valence-corrected chi connectivity index (χ4v) is 5.54. The van der Waals surface area contributed by atoms with Crippen LogP contribution in [-0.2, 0) is 6.42 Å². The summed E-state index contributed by atoms with van der Waals surface area (Å²) in [6.45, 7) is 2.21. The molecule has 0 unspecified atom stereocenters. The number of fused-ring (bicyclic) bond motifs is 2. The summed E-state index contributed by atoms with van der Waals surface area (Å²) in [6.07, 6.45) is 6.58. The van der Waals surface area contributed by atoms with E-state index in [-0.39, 0.29) is 20.6 Å². The van der Waals surface area contributed by atoms with E-state index < -0.39 is 0 Å². The Balaban J connectivity index is 1.82. The molecule has 0 amide bonds. The van der Waals surface area contributed by atoms with E-state index in [0.717, 1.165) is 34.0 Å². The van der Waals surface area contributed by atoms with E-state index in [4.69, 9.17) is 9.40 Å². The van der Waals surface area contributed by atoms with Gasteiger partial charge in [0.1, 0.15) is 0 Å². The van der Waals surface area contributed by atoms with E-state index in [1.807, 2.05) is 42.5 Å². The number of benzene rings is 1. The third-order valence-corrected chi connectivity index (χ3v) is 6.87. The number of hydrogen-bond donors (Lipinski definition) is 0. The van der Waals surface area contributed by atoms with Crippen LogP contribution in [0.2, 0.25) is 0 Å². The van der Waals surface area contributed by atoms with Gasteiger partial charge in [-0.1, -0.05) is 0 Å². The average Bonchev–Trinajstić information content (AvgIpc) is 2.99. The van der Waals surface area contributed by atoms with E-state index in [1.165, 1.54) is 17.4 Å². The van der Waals surface area contributed by atoms with Crippen LogP contribution >= 0.6 is 0 Å². The van der Waals surface area contributed by atoms with Crippen molar-refractivity contribution in [1.82, 2.24) is 9.38 Å². The Morgan fingerprint density at radius 2 is 1.96 bits per heavy atom. The number of para-hydroxylation sites is 1. The SMILES string of the molecule is CCCCCc1nc2ccccn2c1[Se]c1cc(=O)oc2ccccc12. The summed E-state index contributed by atoms with van der Waals surface area (Å²) in [6, 6.07) is 15.5. The molecule has 0 aliphatic carbocycles. The number of nitrogens with zero attached hydrogens (tertiary/aromatic N) is 2. The van der Waals surface area contributed by atoms with Gasteiger partial charge in [-0.05, 0) is 0 Å². The number of rotatable bonds is 6. The van der Waals surface area contributed by atoms with Crippen LogP contribution in [0.1, 0.15) is 31.9 Å². The van der Waals surface area contributed by atoms with Crippen LogP contribution in [0.25, 0.3) is 16.6 Å². The summed E-state index contributed by atoms with van der Waals surface area (Å²) in [5.74, 6) is 0. The van der Waals surface area contributed by atoms with E-state index in [0.29, 0.717) is 5.58 Å². The molecule has 0 fully saturated rings. The number of hydrogen-bond acceptors (Lipinski definition) is 3. The molecule has 4 aromatic rings. The van der Waals surface area contributed by atoms with Gasteiger partial charge >= 0.3 is 158 Å².